The summed E-state index contributed by atoms with van der Waals surface area (Å²) < 4.78 is 4.23. The first-order chi connectivity index (χ1) is 10.5. The average molecular weight is 318 g/mol. The van der Waals surface area contributed by atoms with E-state index in [1.54, 1.807) is 17.9 Å². The summed E-state index contributed by atoms with van der Waals surface area (Å²) in [5.41, 5.74) is 0.745. The number of aryl methyl sites for hydroxylation is 1. The summed E-state index contributed by atoms with van der Waals surface area (Å²) in [6.07, 6.45) is 3.19. The lowest BCUT2D eigenvalue weighted by Crippen LogP contribution is -2.37. The van der Waals surface area contributed by atoms with Crippen LogP contribution in [0.1, 0.15) is 5.69 Å². The number of fused-ring (bicyclic) bond motifs is 1. The highest BCUT2D eigenvalue weighted by Crippen LogP contribution is 2.26. The SMILES string of the molecule is Cn1c(CSc2ncnc3c2cnn3C)cc(=O)n(C)c1=O. The number of hydrogen-bond acceptors (Lipinski definition) is 6. The summed E-state index contributed by atoms with van der Waals surface area (Å²) in [6, 6.07) is 1.47. The van der Waals surface area contributed by atoms with E-state index < -0.39 is 0 Å². The first-order valence-electron chi connectivity index (χ1n) is 6.50. The fourth-order valence-electron chi connectivity index (χ4n) is 2.11. The first-order valence-corrected chi connectivity index (χ1v) is 7.49. The van der Waals surface area contributed by atoms with E-state index in [0.717, 1.165) is 20.6 Å². The van der Waals surface area contributed by atoms with Crippen molar-refractivity contribution in [1.29, 1.82) is 0 Å². The Bertz CT molecular complexity index is 971. The van der Waals surface area contributed by atoms with Crippen molar-refractivity contribution in [2.24, 2.45) is 21.1 Å². The van der Waals surface area contributed by atoms with E-state index >= 15 is 0 Å². The van der Waals surface area contributed by atoms with Gasteiger partial charge in [0.2, 0.25) is 0 Å². The van der Waals surface area contributed by atoms with Gasteiger partial charge in [-0.25, -0.2) is 14.8 Å². The molecule has 0 atom stereocenters. The van der Waals surface area contributed by atoms with Crippen LogP contribution in [0.4, 0.5) is 0 Å². The normalized spacial score (nSPS) is 11.2. The molecule has 0 amide bonds. The number of aromatic nitrogens is 6. The molecule has 22 heavy (non-hydrogen) atoms. The summed E-state index contributed by atoms with van der Waals surface area (Å²) in [5.74, 6) is 0.461. The Morgan fingerprint density at radius 3 is 2.68 bits per heavy atom. The zero-order valence-electron chi connectivity index (χ0n) is 12.3. The topological polar surface area (TPSA) is 87.6 Å². The Balaban J connectivity index is 1.95. The summed E-state index contributed by atoms with van der Waals surface area (Å²) in [6.45, 7) is 0. The van der Waals surface area contributed by atoms with Crippen LogP contribution in [-0.4, -0.2) is 28.9 Å². The first kappa shape index (κ1) is 14.5. The highest BCUT2D eigenvalue weighted by molar-refractivity contribution is 7.98. The lowest BCUT2D eigenvalue weighted by atomic mass is 10.4. The van der Waals surface area contributed by atoms with Crippen LogP contribution in [0, 0.1) is 0 Å². The van der Waals surface area contributed by atoms with E-state index in [0.29, 0.717) is 11.4 Å². The predicted octanol–water partition coefficient (Wildman–Crippen LogP) is 0.0530. The van der Waals surface area contributed by atoms with E-state index in [4.69, 9.17) is 0 Å². The second kappa shape index (κ2) is 5.41. The second-order valence-electron chi connectivity index (χ2n) is 4.85. The molecule has 8 nitrogen and oxygen atoms in total. The fraction of sp³-hybridized carbons (Fsp3) is 0.308. The molecule has 0 aliphatic carbocycles. The smallest absolute Gasteiger partial charge is 0.300 e. The molecule has 0 N–H and O–H groups in total. The van der Waals surface area contributed by atoms with Crippen molar-refractivity contribution in [2.75, 3.05) is 0 Å². The molecule has 114 valence electrons. The Hall–Kier alpha value is -2.42. The second-order valence-corrected chi connectivity index (χ2v) is 5.81. The van der Waals surface area contributed by atoms with Crippen molar-refractivity contribution < 1.29 is 0 Å². The van der Waals surface area contributed by atoms with E-state index in [1.807, 2.05) is 7.05 Å². The van der Waals surface area contributed by atoms with Gasteiger partial charge in [-0.2, -0.15) is 5.10 Å². The molecule has 0 bridgehead atoms. The Morgan fingerprint density at radius 2 is 1.91 bits per heavy atom. The van der Waals surface area contributed by atoms with Crippen LogP contribution in [0.3, 0.4) is 0 Å². The van der Waals surface area contributed by atoms with E-state index in [1.165, 1.54) is 35.8 Å². The minimum Gasteiger partial charge on any atom is -0.300 e. The number of hydrogen-bond donors (Lipinski definition) is 0. The highest BCUT2D eigenvalue weighted by atomic mass is 32.2. The van der Waals surface area contributed by atoms with Crippen molar-refractivity contribution in [3.8, 4) is 0 Å². The molecule has 0 unspecified atom stereocenters. The van der Waals surface area contributed by atoms with Crippen molar-refractivity contribution in [1.82, 2.24) is 28.9 Å². The quantitative estimate of drug-likeness (QED) is 0.501. The van der Waals surface area contributed by atoms with Crippen LogP contribution in [0.5, 0.6) is 0 Å². The molecule has 0 aliphatic rings. The standard InChI is InChI=1S/C13H14N6O2S/c1-17-8(4-10(20)18(2)13(17)21)6-22-12-9-5-16-19(3)11(9)14-7-15-12/h4-5,7H,6H2,1-3H3. The molecule has 0 saturated carbocycles. The van der Waals surface area contributed by atoms with E-state index in [-0.39, 0.29) is 11.2 Å². The number of thioether (sulfide) groups is 1. The van der Waals surface area contributed by atoms with Crippen molar-refractivity contribution in [2.45, 2.75) is 10.8 Å². The molecule has 3 aromatic rings. The molecular formula is C13H14N6O2S. The van der Waals surface area contributed by atoms with E-state index in [9.17, 15) is 9.59 Å². The van der Waals surface area contributed by atoms with Gasteiger partial charge in [0.1, 0.15) is 11.4 Å². The summed E-state index contributed by atoms with van der Waals surface area (Å²) in [7, 11) is 4.93. The van der Waals surface area contributed by atoms with Crippen LogP contribution < -0.4 is 11.2 Å². The Labute approximate surface area is 129 Å². The minimum atomic E-state index is -0.336. The molecule has 0 aliphatic heterocycles. The van der Waals surface area contributed by atoms with Gasteiger partial charge < -0.3 is 0 Å². The maximum Gasteiger partial charge on any atom is 0.330 e. The molecule has 0 aromatic carbocycles. The van der Waals surface area contributed by atoms with Gasteiger partial charge in [0, 0.05) is 38.7 Å². The van der Waals surface area contributed by atoms with Crippen LogP contribution in [-0.2, 0) is 26.9 Å². The van der Waals surface area contributed by atoms with Gasteiger partial charge in [0.05, 0.1) is 11.6 Å². The summed E-state index contributed by atoms with van der Waals surface area (Å²) in [4.78, 5) is 32.1. The molecule has 0 radical (unpaired) electrons. The largest absolute Gasteiger partial charge is 0.330 e. The lowest BCUT2D eigenvalue weighted by Gasteiger charge is -2.09. The number of nitrogens with zero attached hydrogens (tertiary/aromatic N) is 6. The Kier molecular flexibility index (Phi) is 3.57. The summed E-state index contributed by atoms with van der Waals surface area (Å²) in [5, 5.41) is 5.78. The van der Waals surface area contributed by atoms with Gasteiger partial charge in [-0.15, -0.1) is 0 Å². The third-order valence-corrected chi connectivity index (χ3v) is 4.51. The number of rotatable bonds is 3. The Morgan fingerprint density at radius 1 is 1.14 bits per heavy atom. The van der Waals surface area contributed by atoms with Crippen molar-refractivity contribution >= 4 is 22.8 Å². The highest BCUT2D eigenvalue weighted by Gasteiger charge is 2.11. The third-order valence-electron chi connectivity index (χ3n) is 3.48. The average Bonchev–Trinajstić information content (AvgIpc) is 2.90. The third kappa shape index (κ3) is 2.33. The molecular weight excluding hydrogens is 304 g/mol. The maximum absolute atomic E-state index is 11.9. The molecule has 0 fully saturated rings. The molecule has 0 saturated heterocycles. The van der Waals surface area contributed by atoms with Crippen molar-refractivity contribution in [3.63, 3.8) is 0 Å². The van der Waals surface area contributed by atoms with Crippen molar-refractivity contribution in [3.05, 3.63) is 45.1 Å². The van der Waals surface area contributed by atoms with Gasteiger partial charge in [-0.3, -0.25) is 18.6 Å². The van der Waals surface area contributed by atoms with Gasteiger partial charge in [0.25, 0.3) is 5.56 Å². The lowest BCUT2D eigenvalue weighted by molar-refractivity contribution is 0.665. The van der Waals surface area contributed by atoms with Crippen LogP contribution >= 0.6 is 11.8 Å². The molecule has 3 rings (SSSR count). The van der Waals surface area contributed by atoms with Crippen LogP contribution in [0.2, 0.25) is 0 Å². The van der Waals surface area contributed by atoms with Gasteiger partial charge >= 0.3 is 5.69 Å². The molecule has 9 heteroatoms. The monoisotopic (exact) mass is 318 g/mol. The van der Waals surface area contributed by atoms with Gasteiger partial charge in [-0.05, 0) is 0 Å². The predicted molar refractivity (Wildman–Crippen MR) is 82.8 cm³/mol. The van der Waals surface area contributed by atoms with E-state index in [2.05, 4.69) is 15.1 Å². The molecule has 3 aromatic heterocycles. The van der Waals surface area contributed by atoms with Gasteiger partial charge in [0.15, 0.2) is 5.65 Å². The molecule has 3 heterocycles. The molecule has 0 spiro atoms. The summed E-state index contributed by atoms with van der Waals surface area (Å²) >= 11 is 1.44. The van der Waals surface area contributed by atoms with Crippen LogP contribution in [0.15, 0.2) is 33.2 Å². The zero-order valence-corrected chi connectivity index (χ0v) is 13.2. The maximum atomic E-state index is 11.9. The van der Waals surface area contributed by atoms with Gasteiger partial charge in [-0.1, -0.05) is 11.8 Å². The minimum absolute atomic E-state index is 0.312. The van der Waals surface area contributed by atoms with Crippen LogP contribution in [0.25, 0.3) is 11.0 Å². The zero-order chi connectivity index (χ0) is 15.9. The fourth-order valence-corrected chi connectivity index (χ4v) is 3.10.